The van der Waals surface area contributed by atoms with Crippen molar-refractivity contribution in [1.82, 2.24) is 10.6 Å². The average Bonchev–Trinajstić information content (AvgIpc) is 3.09. The van der Waals surface area contributed by atoms with Gasteiger partial charge in [-0.2, -0.15) is 0 Å². The van der Waals surface area contributed by atoms with Gasteiger partial charge in [0.15, 0.2) is 0 Å². The summed E-state index contributed by atoms with van der Waals surface area (Å²) in [7, 11) is 0. The molecule has 0 aromatic heterocycles. The maximum Gasteiger partial charge on any atom is 0.408 e. The van der Waals surface area contributed by atoms with Crippen LogP contribution in [0.4, 0.5) is 4.79 Å². The van der Waals surface area contributed by atoms with Gasteiger partial charge in [0.25, 0.3) is 0 Å². The number of alkyl carbamates (subject to hydrolysis) is 1. The summed E-state index contributed by atoms with van der Waals surface area (Å²) in [5.41, 5.74) is 2.57. The molecule has 8 heteroatoms. The molecule has 0 aliphatic heterocycles. The van der Waals surface area contributed by atoms with E-state index in [2.05, 4.69) is 47.0 Å². The molecule has 0 heterocycles. The highest BCUT2D eigenvalue weighted by Gasteiger charge is 2.38. The summed E-state index contributed by atoms with van der Waals surface area (Å²) >= 11 is 1.63. The number of esters is 1. The van der Waals surface area contributed by atoms with E-state index in [-0.39, 0.29) is 11.9 Å². The number of amides is 2. The SMILES string of the molecule is CCOC(=O)CCCCCCCCCCCNC(=O)[C@H](CSC(c1ccccc1)(c1ccccc1)c1ccccc1)NC(=O)OC(C)(C)C. The summed E-state index contributed by atoms with van der Waals surface area (Å²) in [5.74, 6) is 0.00742. The Kier molecular flexibility index (Phi) is 17.3. The molecule has 3 aromatic rings. The molecule has 0 aliphatic rings. The third-order valence-electron chi connectivity index (χ3n) is 8.18. The van der Waals surface area contributed by atoms with Crippen LogP contribution < -0.4 is 10.6 Å². The monoisotopic (exact) mass is 688 g/mol. The summed E-state index contributed by atoms with van der Waals surface area (Å²) in [5, 5.41) is 5.97. The van der Waals surface area contributed by atoms with E-state index in [1.807, 2.05) is 82.3 Å². The average molecular weight is 689 g/mol. The Hall–Kier alpha value is -3.78. The fraction of sp³-hybridized carbons (Fsp3) is 0.488. The second-order valence-electron chi connectivity index (χ2n) is 13.3. The van der Waals surface area contributed by atoms with Crippen LogP contribution in [-0.2, 0) is 23.8 Å². The minimum atomic E-state index is -0.806. The number of carbonyl (C=O) groups excluding carboxylic acids is 3. The van der Waals surface area contributed by atoms with Gasteiger partial charge in [0.2, 0.25) is 5.91 Å². The van der Waals surface area contributed by atoms with E-state index in [1.54, 1.807) is 11.8 Å². The van der Waals surface area contributed by atoms with Gasteiger partial charge in [0, 0.05) is 18.7 Å². The number of ether oxygens (including phenoxy) is 2. The van der Waals surface area contributed by atoms with Crippen LogP contribution in [0.2, 0.25) is 0 Å². The molecule has 0 saturated heterocycles. The standard InChI is InChI=1S/C41H56N2O5S/c1-5-47-37(44)30-22-11-9-7-6-8-10-12-23-31-42-38(45)36(43-39(46)48-40(2,3)4)32-49-41(33-24-16-13-17-25-33,34-26-18-14-19-27-34)35-28-20-15-21-29-35/h13-21,24-29,36H,5-12,22-23,30-32H2,1-4H3,(H,42,45)(H,43,46)/t36-/m0/s1. The topological polar surface area (TPSA) is 93.7 Å². The van der Waals surface area contributed by atoms with E-state index in [1.165, 1.54) is 12.8 Å². The molecule has 1 atom stereocenters. The van der Waals surface area contributed by atoms with Crippen molar-refractivity contribution in [3.05, 3.63) is 108 Å². The number of thioether (sulfide) groups is 1. The van der Waals surface area contributed by atoms with Crippen molar-refractivity contribution in [2.24, 2.45) is 0 Å². The molecule has 3 rings (SSSR count). The third kappa shape index (κ3) is 13.9. The fourth-order valence-corrected chi connectivity index (χ4v) is 7.37. The highest BCUT2D eigenvalue weighted by Crippen LogP contribution is 2.48. The van der Waals surface area contributed by atoms with Gasteiger partial charge in [-0.1, -0.05) is 136 Å². The van der Waals surface area contributed by atoms with Gasteiger partial charge < -0.3 is 20.1 Å². The molecule has 0 aliphatic carbocycles. The Morgan fingerprint density at radius 2 is 1.12 bits per heavy atom. The van der Waals surface area contributed by atoms with Crippen molar-refractivity contribution in [2.75, 3.05) is 18.9 Å². The van der Waals surface area contributed by atoms with Gasteiger partial charge in [-0.3, -0.25) is 9.59 Å². The number of carbonyl (C=O) groups is 3. The van der Waals surface area contributed by atoms with Crippen LogP contribution in [0.5, 0.6) is 0 Å². The lowest BCUT2D eigenvalue weighted by molar-refractivity contribution is -0.143. The van der Waals surface area contributed by atoms with Crippen molar-refractivity contribution in [3.8, 4) is 0 Å². The minimum absolute atomic E-state index is 0.0973. The van der Waals surface area contributed by atoms with E-state index >= 15 is 0 Å². The van der Waals surface area contributed by atoms with E-state index in [9.17, 15) is 14.4 Å². The van der Waals surface area contributed by atoms with Crippen LogP contribution in [0.25, 0.3) is 0 Å². The van der Waals surface area contributed by atoms with Gasteiger partial charge in [0.1, 0.15) is 11.6 Å². The van der Waals surface area contributed by atoms with Gasteiger partial charge >= 0.3 is 12.1 Å². The van der Waals surface area contributed by atoms with Crippen LogP contribution in [0.3, 0.4) is 0 Å². The Bertz CT molecular complexity index is 1280. The molecular weight excluding hydrogens is 633 g/mol. The van der Waals surface area contributed by atoms with Crippen molar-refractivity contribution in [2.45, 2.75) is 108 Å². The molecule has 0 saturated carbocycles. The largest absolute Gasteiger partial charge is 0.466 e. The second-order valence-corrected chi connectivity index (χ2v) is 14.6. The predicted octanol–water partition coefficient (Wildman–Crippen LogP) is 9.19. The van der Waals surface area contributed by atoms with Gasteiger partial charge in [-0.05, 0) is 57.2 Å². The van der Waals surface area contributed by atoms with Crippen LogP contribution in [-0.4, -0.2) is 48.5 Å². The highest BCUT2D eigenvalue weighted by atomic mass is 32.2. The predicted molar refractivity (Wildman–Crippen MR) is 201 cm³/mol. The van der Waals surface area contributed by atoms with Gasteiger partial charge in [-0.15, -0.1) is 11.8 Å². The fourth-order valence-electron chi connectivity index (χ4n) is 5.81. The highest BCUT2D eigenvalue weighted by molar-refractivity contribution is 8.00. The van der Waals surface area contributed by atoms with Crippen LogP contribution >= 0.6 is 11.8 Å². The first kappa shape index (κ1) is 39.7. The molecule has 0 unspecified atom stereocenters. The maximum absolute atomic E-state index is 13.7. The molecule has 0 spiro atoms. The molecule has 0 bridgehead atoms. The van der Waals surface area contributed by atoms with Crippen molar-refractivity contribution in [1.29, 1.82) is 0 Å². The normalized spacial score (nSPS) is 12.2. The lowest BCUT2D eigenvalue weighted by Gasteiger charge is -2.36. The molecule has 0 radical (unpaired) electrons. The lowest BCUT2D eigenvalue weighted by Crippen LogP contribution is -2.50. The minimum Gasteiger partial charge on any atom is -0.466 e. The zero-order valence-corrected chi connectivity index (χ0v) is 30.7. The Morgan fingerprint density at radius 3 is 1.57 bits per heavy atom. The second kappa shape index (κ2) is 21.3. The van der Waals surface area contributed by atoms with Crippen LogP contribution in [0.15, 0.2) is 91.0 Å². The molecule has 7 nitrogen and oxygen atoms in total. The molecule has 2 N–H and O–H groups in total. The Balaban J connectivity index is 1.62. The summed E-state index contributed by atoms with van der Waals surface area (Å²) in [6, 6.07) is 30.2. The van der Waals surface area contributed by atoms with E-state index in [4.69, 9.17) is 9.47 Å². The number of benzene rings is 3. The van der Waals surface area contributed by atoms with E-state index < -0.39 is 22.5 Å². The van der Waals surface area contributed by atoms with E-state index in [0.29, 0.717) is 25.3 Å². The van der Waals surface area contributed by atoms with Crippen molar-refractivity contribution < 1.29 is 23.9 Å². The van der Waals surface area contributed by atoms with Gasteiger partial charge in [0.05, 0.1) is 11.4 Å². The molecular formula is C41H56N2O5S. The molecule has 3 aromatic carbocycles. The Morgan fingerprint density at radius 1 is 0.673 bits per heavy atom. The first-order valence-electron chi connectivity index (χ1n) is 17.9. The van der Waals surface area contributed by atoms with E-state index in [0.717, 1.165) is 61.6 Å². The molecule has 49 heavy (non-hydrogen) atoms. The summed E-state index contributed by atoms with van der Waals surface area (Å²) in [6.07, 6.45) is 9.52. The number of nitrogens with one attached hydrogen (secondary N) is 2. The number of rotatable bonds is 21. The molecule has 0 fully saturated rings. The number of hydrogen-bond acceptors (Lipinski definition) is 6. The smallest absolute Gasteiger partial charge is 0.408 e. The number of unbranched alkanes of at least 4 members (excludes halogenated alkanes) is 8. The zero-order chi connectivity index (χ0) is 35.4. The Labute approximate surface area is 298 Å². The summed E-state index contributed by atoms with van der Waals surface area (Å²) < 4.78 is 9.93. The summed E-state index contributed by atoms with van der Waals surface area (Å²) in [4.78, 5) is 38.1. The van der Waals surface area contributed by atoms with Crippen LogP contribution in [0, 0.1) is 0 Å². The quantitative estimate of drug-likeness (QED) is 0.0659. The van der Waals surface area contributed by atoms with Crippen molar-refractivity contribution in [3.63, 3.8) is 0 Å². The summed E-state index contributed by atoms with van der Waals surface area (Å²) in [6.45, 7) is 8.27. The van der Waals surface area contributed by atoms with Crippen molar-refractivity contribution >= 4 is 29.7 Å². The zero-order valence-electron chi connectivity index (χ0n) is 29.9. The maximum atomic E-state index is 13.7. The molecule has 2 amide bonds. The third-order valence-corrected chi connectivity index (χ3v) is 9.82. The van der Waals surface area contributed by atoms with Gasteiger partial charge in [-0.25, -0.2) is 4.79 Å². The number of hydrogen-bond donors (Lipinski definition) is 2. The first-order chi connectivity index (χ1) is 23.7. The van der Waals surface area contributed by atoms with Crippen LogP contribution in [0.1, 0.15) is 109 Å². The first-order valence-corrected chi connectivity index (χ1v) is 18.9. The molecule has 266 valence electrons. The lowest BCUT2D eigenvalue weighted by atomic mass is 9.84.